The van der Waals surface area contributed by atoms with Crippen LogP contribution in [0.1, 0.15) is 35.2 Å². The van der Waals surface area contributed by atoms with Gasteiger partial charge in [0.2, 0.25) is 5.13 Å². The molecule has 12 heteroatoms. The van der Waals surface area contributed by atoms with Crippen molar-refractivity contribution in [2.24, 2.45) is 0 Å². The van der Waals surface area contributed by atoms with Gasteiger partial charge >= 0.3 is 5.91 Å². The molecular weight excluding hydrogens is 711 g/mol. The molecular formula is C41H33N3O7S2. The fourth-order valence-corrected chi connectivity index (χ4v) is 8.30. The summed E-state index contributed by atoms with van der Waals surface area (Å²) in [5.41, 5.74) is 2.83. The molecule has 53 heavy (non-hydrogen) atoms. The number of rotatable bonds is 11. The summed E-state index contributed by atoms with van der Waals surface area (Å²) in [7, 11) is 0. The van der Waals surface area contributed by atoms with Gasteiger partial charge in [-0.25, -0.2) is 0 Å². The van der Waals surface area contributed by atoms with E-state index in [9.17, 15) is 14.7 Å². The first-order valence-electron chi connectivity index (χ1n) is 17.1. The van der Waals surface area contributed by atoms with E-state index in [4.69, 9.17) is 18.9 Å². The van der Waals surface area contributed by atoms with Crippen molar-refractivity contribution in [3.63, 3.8) is 0 Å². The molecule has 3 heterocycles. The van der Waals surface area contributed by atoms with Crippen molar-refractivity contribution >= 4 is 56.5 Å². The molecule has 1 atom stereocenters. The van der Waals surface area contributed by atoms with Gasteiger partial charge in [-0.3, -0.25) is 14.5 Å². The van der Waals surface area contributed by atoms with Crippen molar-refractivity contribution in [1.29, 1.82) is 0 Å². The SMILES string of the molecule is CCOc1cc([C@@H]2/C(=C(\O)c3ccc4c(c3)OCCO4)C(=O)C(=O)N2c2nnc(SCc3cccc4ccccc34)s2)ccc1OCc1ccccc1. The molecule has 2 aliphatic rings. The third-order valence-electron chi connectivity index (χ3n) is 8.91. The first-order valence-corrected chi connectivity index (χ1v) is 18.9. The number of ketones is 1. The summed E-state index contributed by atoms with van der Waals surface area (Å²) < 4.78 is 24.2. The molecule has 0 radical (unpaired) electrons. The monoisotopic (exact) mass is 743 g/mol. The number of carbonyl (C=O) groups excluding carboxylic acids is 2. The molecule has 1 amide bonds. The Morgan fingerprint density at radius 3 is 2.51 bits per heavy atom. The predicted molar refractivity (Wildman–Crippen MR) is 204 cm³/mol. The summed E-state index contributed by atoms with van der Waals surface area (Å²) in [6, 6.07) is 33.2. The van der Waals surface area contributed by atoms with E-state index in [1.807, 2.05) is 55.5 Å². The van der Waals surface area contributed by atoms with Crippen LogP contribution in [0, 0.1) is 0 Å². The Balaban J connectivity index is 1.17. The lowest BCUT2D eigenvalue weighted by Crippen LogP contribution is -2.29. The van der Waals surface area contributed by atoms with Crippen LogP contribution in [-0.2, 0) is 21.9 Å². The normalized spacial score (nSPS) is 16.2. The number of anilines is 1. The van der Waals surface area contributed by atoms with Gasteiger partial charge in [0.1, 0.15) is 25.6 Å². The van der Waals surface area contributed by atoms with Crippen LogP contribution < -0.4 is 23.8 Å². The van der Waals surface area contributed by atoms with Crippen LogP contribution >= 0.6 is 23.1 Å². The minimum absolute atomic E-state index is 0.104. The van der Waals surface area contributed by atoms with Crippen LogP contribution in [0.3, 0.4) is 0 Å². The fourth-order valence-electron chi connectivity index (χ4n) is 6.43. The number of nitrogens with zero attached hydrogens (tertiary/aromatic N) is 3. The third-order valence-corrected chi connectivity index (χ3v) is 11.0. The number of ether oxygens (including phenoxy) is 4. The lowest BCUT2D eigenvalue weighted by Gasteiger charge is -2.24. The molecule has 1 N–H and O–H groups in total. The molecule has 6 aromatic rings. The van der Waals surface area contributed by atoms with Crippen molar-refractivity contribution in [2.45, 2.75) is 29.7 Å². The average Bonchev–Trinajstić information content (AvgIpc) is 3.77. The molecule has 1 saturated heterocycles. The van der Waals surface area contributed by atoms with Gasteiger partial charge in [-0.1, -0.05) is 102 Å². The van der Waals surface area contributed by atoms with Gasteiger partial charge in [0.25, 0.3) is 5.78 Å². The number of hydrogen-bond acceptors (Lipinski definition) is 11. The first-order chi connectivity index (χ1) is 26.0. The van der Waals surface area contributed by atoms with Crippen LogP contribution in [0.25, 0.3) is 16.5 Å². The predicted octanol–water partition coefficient (Wildman–Crippen LogP) is 8.36. The van der Waals surface area contributed by atoms with E-state index in [-0.39, 0.29) is 16.5 Å². The van der Waals surface area contributed by atoms with E-state index < -0.39 is 17.7 Å². The topological polar surface area (TPSA) is 120 Å². The highest BCUT2D eigenvalue weighted by Crippen LogP contribution is 2.46. The molecule has 10 nitrogen and oxygen atoms in total. The Bertz CT molecular complexity index is 2360. The largest absolute Gasteiger partial charge is 0.507 e. The molecule has 0 unspecified atom stereocenters. The molecule has 8 rings (SSSR count). The first kappa shape index (κ1) is 34.2. The van der Waals surface area contributed by atoms with Crippen molar-refractivity contribution in [2.75, 3.05) is 24.7 Å². The van der Waals surface area contributed by atoms with E-state index in [2.05, 4.69) is 34.5 Å². The Hall–Kier alpha value is -5.85. The summed E-state index contributed by atoms with van der Waals surface area (Å²) in [4.78, 5) is 29.3. The van der Waals surface area contributed by atoms with Crippen LogP contribution in [0.15, 0.2) is 119 Å². The van der Waals surface area contributed by atoms with E-state index in [0.29, 0.717) is 70.6 Å². The molecule has 0 aliphatic carbocycles. The minimum atomic E-state index is -1.06. The molecule has 0 bridgehead atoms. The third kappa shape index (κ3) is 6.90. The Morgan fingerprint density at radius 2 is 1.66 bits per heavy atom. The summed E-state index contributed by atoms with van der Waals surface area (Å²) in [5, 5.41) is 23.2. The van der Waals surface area contributed by atoms with Crippen LogP contribution in [0.4, 0.5) is 5.13 Å². The lowest BCUT2D eigenvalue weighted by atomic mass is 9.95. The number of amides is 1. The average molecular weight is 744 g/mol. The van der Waals surface area contributed by atoms with E-state index in [0.717, 1.165) is 21.9 Å². The number of thioether (sulfide) groups is 1. The maximum atomic E-state index is 14.0. The van der Waals surface area contributed by atoms with Gasteiger partial charge in [-0.15, -0.1) is 10.2 Å². The molecule has 0 spiro atoms. The van der Waals surface area contributed by atoms with Crippen molar-refractivity contribution in [1.82, 2.24) is 10.2 Å². The Kier molecular flexibility index (Phi) is 9.70. The molecule has 2 aliphatic heterocycles. The zero-order chi connectivity index (χ0) is 36.3. The zero-order valence-corrected chi connectivity index (χ0v) is 30.2. The van der Waals surface area contributed by atoms with Crippen LogP contribution in [0.2, 0.25) is 0 Å². The number of hydrogen-bond donors (Lipinski definition) is 1. The number of aromatic nitrogens is 2. The van der Waals surface area contributed by atoms with Gasteiger partial charge in [-0.05, 0) is 64.7 Å². The Labute approximate surface area is 313 Å². The maximum absolute atomic E-state index is 14.0. The van der Waals surface area contributed by atoms with Gasteiger partial charge < -0.3 is 24.1 Å². The maximum Gasteiger partial charge on any atom is 0.301 e. The van der Waals surface area contributed by atoms with Crippen molar-refractivity contribution in [3.05, 3.63) is 137 Å². The number of benzene rings is 5. The summed E-state index contributed by atoms with van der Waals surface area (Å²) in [6.45, 7) is 3.27. The number of fused-ring (bicyclic) bond motifs is 2. The molecule has 5 aromatic carbocycles. The number of Topliss-reactive ketones (excluding diaryl/α,β-unsaturated/α-hetero) is 1. The summed E-state index contributed by atoms with van der Waals surface area (Å²) in [5.74, 6) is 0.459. The molecule has 0 saturated carbocycles. The van der Waals surface area contributed by atoms with Gasteiger partial charge in [0.15, 0.2) is 27.3 Å². The van der Waals surface area contributed by atoms with Crippen molar-refractivity contribution < 1.29 is 33.6 Å². The van der Waals surface area contributed by atoms with Gasteiger partial charge in [0.05, 0.1) is 18.2 Å². The highest BCUT2D eigenvalue weighted by molar-refractivity contribution is 8.00. The smallest absolute Gasteiger partial charge is 0.301 e. The Morgan fingerprint density at radius 1 is 0.868 bits per heavy atom. The number of aliphatic hydroxyl groups is 1. The molecule has 266 valence electrons. The standard InChI is InChI=1S/C41H33N3O7S2/c1-2-48-33-21-27(15-17-32(33)51-23-25-9-4-3-5-10-25)36-35(37(45)28-16-18-31-34(22-28)50-20-19-49-31)38(46)39(47)44(36)40-42-43-41(53-40)52-24-29-13-8-12-26-11-6-7-14-30(26)29/h3-18,21-22,36,45H,2,19-20,23-24H2,1H3/b37-35+/t36-/m1/s1. The molecule has 1 fully saturated rings. The second-order valence-corrected chi connectivity index (χ2v) is 14.4. The highest BCUT2D eigenvalue weighted by atomic mass is 32.2. The van der Waals surface area contributed by atoms with Crippen LogP contribution in [0.5, 0.6) is 23.0 Å². The van der Waals surface area contributed by atoms with Gasteiger partial charge in [-0.2, -0.15) is 0 Å². The quantitative estimate of drug-likeness (QED) is 0.0456. The van der Waals surface area contributed by atoms with Crippen LogP contribution in [-0.4, -0.2) is 46.8 Å². The number of aliphatic hydroxyl groups excluding tert-OH is 1. The lowest BCUT2D eigenvalue weighted by molar-refractivity contribution is -0.132. The summed E-state index contributed by atoms with van der Waals surface area (Å²) >= 11 is 2.70. The highest BCUT2D eigenvalue weighted by Gasteiger charge is 2.48. The minimum Gasteiger partial charge on any atom is -0.507 e. The van der Waals surface area contributed by atoms with Crippen molar-refractivity contribution in [3.8, 4) is 23.0 Å². The van der Waals surface area contributed by atoms with E-state index in [1.165, 1.54) is 28.0 Å². The zero-order valence-electron chi connectivity index (χ0n) is 28.6. The second kappa shape index (κ2) is 15.0. The molecule has 1 aromatic heterocycles. The summed E-state index contributed by atoms with van der Waals surface area (Å²) in [6.07, 6.45) is 0. The van der Waals surface area contributed by atoms with E-state index in [1.54, 1.807) is 36.4 Å². The van der Waals surface area contributed by atoms with Gasteiger partial charge in [0, 0.05) is 11.3 Å². The number of carbonyl (C=O) groups is 2. The van der Waals surface area contributed by atoms with E-state index >= 15 is 0 Å². The second-order valence-electron chi connectivity index (χ2n) is 12.2. The fraction of sp³-hybridized carbons (Fsp3) is 0.171.